The third-order valence-corrected chi connectivity index (χ3v) is 2.86. The zero-order chi connectivity index (χ0) is 13.9. The minimum Gasteiger partial charge on any atom is -0.480 e. The lowest BCUT2D eigenvalue weighted by Crippen LogP contribution is -2.45. The molecule has 1 atom stereocenters. The molecule has 1 rings (SSSR count). The summed E-state index contributed by atoms with van der Waals surface area (Å²) < 4.78 is 0. The van der Waals surface area contributed by atoms with Crippen molar-refractivity contribution in [2.24, 2.45) is 5.92 Å². The molecule has 1 unspecified atom stereocenters. The minimum atomic E-state index is -0.998. The summed E-state index contributed by atoms with van der Waals surface area (Å²) in [6.45, 7) is 5.28. The summed E-state index contributed by atoms with van der Waals surface area (Å²) in [6.07, 6.45) is 1.60. The second-order valence-electron chi connectivity index (χ2n) is 4.58. The van der Waals surface area contributed by atoms with E-state index in [4.69, 9.17) is 5.11 Å². The molecule has 0 aliphatic heterocycles. The van der Waals surface area contributed by atoms with Crippen LogP contribution in [-0.4, -0.2) is 40.0 Å². The smallest absolute Gasteiger partial charge is 0.326 e. The van der Waals surface area contributed by atoms with Crippen molar-refractivity contribution in [3.63, 3.8) is 0 Å². The van der Waals surface area contributed by atoms with Crippen molar-refractivity contribution < 1.29 is 14.7 Å². The molecule has 0 saturated carbocycles. The van der Waals surface area contributed by atoms with Crippen molar-refractivity contribution in [1.82, 2.24) is 9.88 Å². The third kappa shape index (κ3) is 2.85. The van der Waals surface area contributed by atoms with Crippen LogP contribution in [0.3, 0.4) is 0 Å². The number of aryl methyl sites for hydroxylation is 1. The first-order valence-electron chi connectivity index (χ1n) is 5.77. The molecule has 5 nitrogen and oxygen atoms in total. The highest BCUT2D eigenvalue weighted by Gasteiger charge is 2.30. The van der Waals surface area contributed by atoms with Crippen LogP contribution in [0.2, 0.25) is 0 Å². The van der Waals surface area contributed by atoms with Gasteiger partial charge in [0.2, 0.25) is 0 Å². The number of pyridine rings is 1. The summed E-state index contributed by atoms with van der Waals surface area (Å²) in [5.41, 5.74) is 1.04. The maximum atomic E-state index is 12.2. The fraction of sp³-hybridized carbons (Fsp3) is 0.462. The molecule has 0 spiro atoms. The summed E-state index contributed by atoms with van der Waals surface area (Å²) >= 11 is 0. The molecule has 1 aromatic rings. The Bertz CT molecular complexity index is 457. The lowest BCUT2D eigenvalue weighted by atomic mass is 10.0. The maximum absolute atomic E-state index is 12.2. The highest BCUT2D eigenvalue weighted by atomic mass is 16.4. The van der Waals surface area contributed by atoms with E-state index in [0.717, 1.165) is 0 Å². The van der Waals surface area contributed by atoms with Crippen LogP contribution < -0.4 is 0 Å². The Balaban J connectivity index is 3.03. The average Bonchev–Trinajstić information content (AvgIpc) is 2.27. The predicted octanol–water partition coefficient (Wildman–Crippen LogP) is 1.57. The Kier molecular flexibility index (Phi) is 4.42. The first-order valence-corrected chi connectivity index (χ1v) is 5.77. The Labute approximate surface area is 106 Å². The number of carbonyl (C=O) groups excluding carboxylic acids is 1. The zero-order valence-electron chi connectivity index (χ0n) is 11.0. The van der Waals surface area contributed by atoms with Gasteiger partial charge in [0.05, 0.1) is 5.56 Å². The standard InChI is InChI=1S/C13H18N2O3/c1-8(2)11(13(17)18)15(4)12(16)10-6-5-7-14-9(10)3/h5-8,11H,1-4H3,(H,17,18). The van der Waals surface area contributed by atoms with Gasteiger partial charge in [0, 0.05) is 18.9 Å². The first kappa shape index (κ1) is 14.2. The van der Waals surface area contributed by atoms with Gasteiger partial charge >= 0.3 is 5.97 Å². The van der Waals surface area contributed by atoms with Crippen LogP contribution in [0, 0.1) is 12.8 Å². The summed E-state index contributed by atoms with van der Waals surface area (Å²) in [7, 11) is 1.51. The molecule has 18 heavy (non-hydrogen) atoms. The number of hydrogen-bond donors (Lipinski definition) is 1. The van der Waals surface area contributed by atoms with Crippen molar-refractivity contribution >= 4 is 11.9 Å². The second kappa shape index (κ2) is 5.62. The molecule has 5 heteroatoms. The molecule has 0 saturated heterocycles. The number of likely N-dealkylation sites (N-methyl/N-ethyl adjacent to an activating group) is 1. The fourth-order valence-electron chi connectivity index (χ4n) is 1.92. The van der Waals surface area contributed by atoms with Crippen molar-refractivity contribution in [3.05, 3.63) is 29.6 Å². The highest BCUT2D eigenvalue weighted by molar-refractivity contribution is 5.97. The van der Waals surface area contributed by atoms with E-state index in [9.17, 15) is 9.59 Å². The zero-order valence-corrected chi connectivity index (χ0v) is 11.0. The topological polar surface area (TPSA) is 70.5 Å². The summed E-state index contributed by atoms with van der Waals surface area (Å²) in [4.78, 5) is 28.7. The van der Waals surface area contributed by atoms with Crippen LogP contribution in [-0.2, 0) is 4.79 Å². The maximum Gasteiger partial charge on any atom is 0.326 e. The van der Waals surface area contributed by atoms with E-state index in [1.54, 1.807) is 39.1 Å². The van der Waals surface area contributed by atoms with Crippen LogP contribution in [0.4, 0.5) is 0 Å². The van der Waals surface area contributed by atoms with Crippen LogP contribution in [0.5, 0.6) is 0 Å². The number of carboxylic acids is 1. The minimum absolute atomic E-state index is 0.159. The van der Waals surface area contributed by atoms with Crippen molar-refractivity contribution in [2.45, 2.75) is 26.8 Å². The number of aromatic nitrogens is 1. The molecule has 0 aliphatic carbocycles. The molecule has 1 N–H and O–H groups in total. The summed E-state index contributed by atoms with van der Waals surface area (Å²) in [5, 5.41) is 9.17. The number of carboxylic acid groups (broad SMARTS) is 1. The van der Waals surface area contributed by atoms with E-state index in [1.807, 2.05) is 0 Å². The molecule has 0 bridgehead atoms. The lowest BCUT2D eigenvalue weighted by Gasteiger charge is -2.28. The van der Waals surface area contributed by atoms with E-state index >= 15 is 0 Å². The molecule has 98 valence electrons. The monoisotopic (exact) mass is 250 g/mol. The first-order chi connectivity index (χ1) is 8.36. The van der Waals surface area contributed by atoms with Gasteiger partial charge in [-0.25, -0.2) is 4.79 Å². The highest BCUT2D eigenvalue weighted by Crippen LogP contribution is 2.14. The molecule has 0 aromatic carbocycles. The summed E-state index contributed by atoms with van der Waals surface area (Å²) in [5.74, 6) is -1.47. The largest absolute Gasteiger partial charge is 0.480 e. The molecule has 0 fully saturated rings. The number of amides is 1. The van der Waals surface area contributed by atoms with Crippen LogP contribution in [0.25, 0.3) is 0 Å². The fourth-order valence-corrected chi connectivity index (χ4v) is 1.92. The Morgan fingerprint density at radius 1 is 1.39 bits per heavy atom. The number of nitrogens with zero attached hydrogens (tertiary/aromatic N) is 2. The average molecular weight is 250 g/mol. The third-order valence-electron chi connectivity index (χ3n) is 2.86. The Hall–Kier alpha value is -1.91. The Morgan fingerprint density at radius 2 is 2.00 bits per heavy atom. The van der Waals surface area contributed by atoms with Gasteiger partial charge in [0.1, 0.15) is 6.04 Å². The van der Waals surface area contributed by atoms with Crippen molar-refractivity contribution in [1.29, 1.82) is 0 Å². The van der Waals surface area contributed by atoms with Gasteiger partial charge < -0.3 is 10.0 Å². The van der Waals surface area contributed by atoms with Gasteiger partial charge in [-0.3, -0.25) is 9.78 Å². The second-order valence-corrected chi connectivity index (χ2v) is 4.58. The lowest BCUT2D eigenvalue weighted by molar-refractivity contribution is -0.143. The van der Waals surface area contributed by atoms with E-state index in [-0.39, 0.29) is 11.8 Å². The van der Waals surface area contributed by atoms with Gasteiger partial charge in [-0.2, -0.15) is 0 Å². The number of carbonyl (C=O) groups is 2. The Morgan fingerprint density at radius 3 is 2.44 bits per heavy atom. The number of hydrogen-bond acceptors (Lipinski definition) is 3. The molecule has 0 aliphatic rings. The quantitative estimate of drug-likeness (QED) is 0.880. The van der Waals surface area contributed by atoms with Gasteiger partial charge in [-0.1, -0.05) is 13.8 Å². The molecule has 0 radical (unpaired) electrons. The number of rotatable bonds is 4. The van der Waals surface area contributed by atoms with Gasteiger partial charge in [-0.15, -0.1) is 0 Å². The van der Waals surface area contributed by atoms with E-state index in [0.29, 0.717) is 11.3 Å². The van der Waals surface area contributed by atoms with Crippen LogP contribution in [0.15, 0.2) is 18.3 Å². The predicted molar refractivity (Wildman–Crippen MR) is 67.3 cm³/mol. The van der Waals surface area contributed by atoms with Crippen molar-refractivity contribution in [3.8, 4) is 0 Å². The normalized spacial score (nSPS) is 12.3. The van der Waals surface area contributed by atoms with E-state index in [1.165, 1.54) is 11.9 Å². The molecule has 1 heterocycles. The molecule has 1 amide bonds. The SMILES string of the molecule is Cc1ncccc1C(=O)N(C)C(C(=O)O)C(C)C. The number of aliphatic carboxylic acids is 1. The molecule has 1 aromatic heterocycles. The van der Waals surface area contributed by atoms with Gasteiger partial charge in [-0.05, 0) is 25.0 Å². The van der Waals surface area contributed by atoms with Crippen LogP contribution >= 0.6 is 0 Å². The summed E-state index contributed by atoms with van der Waals surface area (Å²) in [6, 6.07) is 2.48. The van der Waals surface area contributed by atoms with Crippen LogP contribution in [0.1, 0.15) is 29.9 Å². The van der Waals surface area contributed by atoms with Gasteiger partial charge in [0.15, 0.2) is 0 Å². The van der Waals surface area contributed by atoms with Gasteiger partial charge in [0.25, 0.3) is 5.91 Å². The van der Waals surface area contributed by atoms with E-state index < -0.39 is 12.0 Å². The molecular weight excluding hydrogens is 232 g/mol. The van der Waals surface area contributed by atoms with Crippen molar-refractivity contribution in [2.75, 3.05) is 7.05 Å². The molecular formula is C13H18N2O3. The van der Waals surface area contributed by atoms with E-state index in [2.05, 4.69) is 4.98 Å².